The van der Waals surface area contributed by atoms with E-state index in [-0.39, 0.29) is 22.2 Å². The summed E-state index contributed by atoms with van der Waals surface area (Å²) in [6.07, 6.45) is 0. The molecule has 0 spiro atoms. The lowest BCUT2D eigenvalue weighted by molar-refractivity contribution is -0.121. The largest absolute Gasteiger partial charge is 0.478 e. The number of aromatic carboxylic acids is 1. The van der Waals surface area contributed by atoms with Gasteiger partial charge in [-0.05, 0) is 12.0 Å². The van der Waals surface area contributed by atoms with E-state index < -0.39 is 21.9 Å². The zero-order valence-corrected chi connectivity index (χ0v) is 13.6. The Balaban J connectivity index is 2.77. The molecule has 9 heteroatoms. The molecule has 0 aromatic carbocycles. The number of sulfonamides is 1. The number of hydrogen-bond acceptors (Lipinski definition) is 5. The minimum absolute atomic E-state index is 0.0868. The van der Waals surface area contributed by atoms with E-state index in [0.717, 1.165) is 21.7 Å². The molecule has 0 atom stereocenters. The Morgan fingerprint density at radius 3 is 2.52 bits per heavy atom. The van der Waals surface area contributed by atoms with Crippen molar-refractivity contribution in [2.24, 2.45) is 5.92 Å². The van der Waals surface area contributed by atoms with Crippen molar-refractivity contribution in [3.63, 3.8) is 0 Å². The van der Waals surface area contributed by atoms with Crippen molar-refractivity contribution in [1.82, 2.24) is 9.62 Å². The van der Waals surface area contributed by atoms with Crippen LogP contribution in [-0.4, -0.2) is 49.8 Å². The summed E-state index contributed by atoms with van der Waals surface area (Å²) in [5.41, 5.74) is -0.0868. The normalized spacial score (nSPS) is 11.9. The van der Waals surface area contributed by atoms with Crippen LogP contribution in [0.2, 0.25) is 0 Å². The summed E-state index contributed by atoms with van der Waals surface area (Å²) in [5, 5.41) is 12.7. The molecule has 0 aliphatic carbocycles. The quantitative estimate of drug-likeness (QED) is 0.769. The number of amides is 1. The number of nitrogens with one attached hydrogen (secondary N) is 1. The maximum Gasteiger partial charge on any atom is 0.336 e. The first-order valence-electron chi connectivity index (χ1n) is 6.19. The Kier molecular flexibility index (Phi) is 5.87. The molecule has 1 heterocycles. The molecular weight excluding hydrogens is 316 g/mol. The molecule has 1 aromatic rings. The summed E-state index contributed by atoms with van der Waals surface area (Å²) in [7, 11) is -2.58. The van der Waals surface area contributed by atoms with Gasteiger partial charge in [0.2, 0.25) is 5.91 Å². The highest BCUT2D eigenvalue weighted by Gasteiger charge is 2.25. The van der Waals surface area contributed by atoms with E-state index in [2.05, 4.69) is 5.32 Å². The predicted molar refractivity (Wildman–Crippen MR) is 78.9 cm³/mol. The number of nitrogens with zero attached hydrogens (tertiary/aromatic N) is 1. The monoisotopic (exact) mass is 334 g/mol. The SMILES string of the molecule is CC(C)CNC(=O)CN(C)S(=O)(=O)c1cc(C(=O)O)cs1. The fourth-order valence-electron chi connectivity index (χ4n) is 1.38. The summed E-state index contributed by atoms with van der Waals surface area (Å²) < 4.78 is 25.2. The molecule has 0 radical (unpaired) electrons. The summed E-state index contributed by atoms with van der Waals surface area (Å²) in [4.78, 5) is 22.4. The Labute approximate surface area is 127 Å². The third-order valence-corrected chi connectivity index (χ3v) is 5.78. The number of thiophene rings is 1. The van der Waals surface area contributed by atoms with Crippen LogP contribution in [0, 0.1) is 5.92 Å². The van der Waals surface area contributed by atoms with Gasteiger partial charge in [0.05, 0.1) is 12.1 Å². The third kappa shape index (κ3) is 4.80. The molecule has 7 nitrogen and oxygen atoms in total. The van der Waals surface area contributed by atoms with E-state index in [1.807, 2.05) is 13.8 Å². The Bertz CT molecular complexity index is 621. The molecule has 0 saturated carbocycles. The molecule has 0 saturated heterocycles. The van der Waals surface area contributed by atoms with E-state index >= 15 is 0 Å². The fourth-order valence-corrected chi connectivity index (χ4v) is 3.87. The maximum absolute atomic E-state index is 12.2. The first-order valence-corrected chi connectivity index (χ1v) is 8.51. The maximum atomic E-state index is 12.2. The number of hydrogen-bond donors (Lipinski definition) is 2. The number of rotatable bonds is 7. The first kappa shape index (κ1) is 17.6. The van der Waals surface area contributed by atoms with Gasteiger partial charge in [-0.2, -0.15) is 4.31 Å². The molecule has 2 N–H and O–H groups in total. The van der Waals surface area contributed by atoms with Crippen LogP contribution in [0.5, 0.6) is 0 Å². The molecule has 0 aliphatic rings. The average Bonchev–Trinajstić information content (AvgIpc) is 2.86. The van der Waals surface area contributed by atoms with Gasteiger partial charge in [0.1, 0.15) is 4.21 Å². The second-order valence-corrected chi connectivity index (χ2v) is 8.10. The van der Waals surface area contributed by atoms with Crippen molar-refractivity contribution in [2.75, 3.05) is 20.1 Å². The van der Waals surface area contributed by atoms with Crippen LogP contribution in [0.3, 0.4) is 0 Å². The molecule has 1 rings (SSSR count). The highest BCUT2D eigenvalue weighted by molar-refractivity contribution is 7.91. The van der Waals surface area contributed by atoms with Crippen molar-refractivity contribution < 1.29 is 23.1 Å². The van der Waals surface area contributed by atoms with Crippen LogP contribution in [0.25, 0.3) is 0 Å². The number of likely N-dealkylation sites (N-methyl/N-ethyl adjacent to an activating group) is 1. The van der Waals surface area contributed by atoms with Gasteiger partial charge in [0.15, 0.2) is 0 Å². The zero-order valence-electron chi connectivity index (χ0n) is 12.0. The lowest BCUT2D eigenvalue weighted by atomic mass is 10.2. The summed E-state index contributed by atoms with van der Waals surface area (Å²) in [6, 6.07) is 1.09. The lowest BCUT2D eigenvalue weighted by Crippen LogP contribution is -2.39. The van der Waals surface area contributed by atoms with Crippen LogP contribution < -0.4 is 5.32 Å². The first-order chi connectivity index (χ1) is 9.64. The zero-order chi connectivity index (χ0) is 16.2. The van der Waals surface area contributed by atoms with Crippen molar-refractivity contribution in [2.45, 2.75) is 18.1 Å². The minimum atomic E-state index is -3.86. The van der Waals surface area contributed by atoms with Gasteiger partial charge in [0, 0.05) is 19.0 Å². The third-order valence-electron chi connectivity index (χ3n) is 2.56. The highest BCUT2D eigenvalue weighted by atomic mass is 32.2. The number of carboxylic acids is 1. The number of carbonyl (C=O) groups excluding carboxylic acids is 1. The van der Waals surface area contributed by atoms with E-state index in [1.165, 1.54) is 12.4 Å². The van der Waals surface area contributed by atoms with Gasteiger partial charge < -0.3 is 10.4 Å². The molecule has 1 amide bonds. The van der Waals surface area contributed by atoms with Gasteiger partial charge in [-0.15, -0.1) is 11.3 Å². The smallest absolute Gasteiger partial charge is 0.336 e. The Morgan fingerprint density at radius 2 is 2.05 bits per heavy atom. The van der Waals surface area contributed by atoms with Gasteiger partial charge in [0.25, 0.3) is 10.0 Å². The van der Waals surface area contributed by atoms with Crippen LogP contribution >= 0.6 is 11.3 Å². The second kappa shape index (κ2) is 7.01. The average molecular weight is 334 g/mol. The molecule has 0 fully saturated rings. The summed E-state index contributed by atoms with van der Waals surface area (Å²) >= 11 is 0.816. The fraction of sp³-hybridized carbons (Fsp3) is 0.500. The van der Waals surface area contributed by atoms with Gasteiger partial charge >= 0.3 is 5.97 Å². The Hall–Kier alpha value is -1.45. The Morgan fingerprint density at radius 1 is 1.43 bits per heavy atom. The molecule has 0 aliphatic heterocycles. The summed E-state index contributed by atoms with van der Waals surface area (Å²) in [6.45, 7) is 4.02. The van der Waals surface area contributed by atoms with Crippen molar-refractivity contribution in [1.29, 1.82) is 0 Å². The topological polar surface area (TPSA) is 104 Å². The molecule has 1 aromatic heterocycles. The van der Waals surface area contributed by atoms with Crippen LogP contribution in [0.15, 0.2) is 15.7 Å². The minimum Gasteiger partial charge on any atom is -0.478 e. The summed E-state index contributed by atoms with van der Waals surface area (Å²) in [5.74, 6) is -1.32. The van der Waals surface area contributed by atoms with E-state index in [1.54, 1.807) is 0 Å². The van der Waals surface area contributed by atoms with Crippen molar-refractivity contribution >= 4 is 33.2 Å². The number of carbonyl (C=O) groups is 2. The lowest BCUT2D eigenvalue weighted by Gasteiger charge is -2.16. The molecule has 118 valence electrons. The molecule has 21 heavy (non-hydrogen) atoms. The van der Waals surface area contributed by atoms with Gasteiger partial charge in [-0.3, -0.25) is 4.79 Å². The van der Waals surface area contributed by atoms with Gasteiger partial charge in [-0.1, -0.05) is 13.8 Å². The van der Waals surface area contributed by atoms with Crippen molar-refractivity contribution in [3.8, 4) is 0 Å². The second-order valence-electron chi connectivity index (χ2n) is 4.92. The van der Waals surface area contributed by atoms with E-state index in [9.17, 15) is 18.0 Å². The van der Waals surface area contributed by atoms with E-state index in [4.69, 9.17) is 5.11 Å². The van der Waals surface area contributed by atoms with Gasteiger partial charge in [-0.25, -0.2) is 13.2 Å². The van der Waals surface area contributed by atoms with Crippen LogP contribution in [0.4, 0.5) is 0 Å². The molecule has 0 bridgehead atoms. The van der Waals surface area contributed by atoms with Crippen LogP contribution in [0.1, 0.15) is 24.2 Å². The number of carboxylic acid groups (broad SMARTS) is 1. The van der Waals surface area contributed by atoms with Crippen LogP contribution in [-0.2, 0) is 14.8 Å². The van der Waals surface area contributed by atoms with E-state index in [0.29, 0.717) is 6.54 Å². The molecule has 0 unspecified atom stereocenters. The standard InChI is InChI=1S/C12H18N2O5S2/c1-8(2)5-13-10(15)6-14(3)21(18,19)11-4-9(7-20-11)12(16)17/h4,7-8H,5-6H2,1-3H3,(H,13,15)(H,16,17). The molecular formula is C12H18N2O5S2. The predicted octanol–water partition coefficient (Wildman–Crippen LogP) is 0.839. The van der Waals surface area contributed by atoms with Crippen molar-refractivity contribution in [3.05, 3.63) is 17.0 Å². The highest BCUT2D eigenvalue weighted by Crippen LogP contribution is 2.23.